The highest BCUT2D eigenvalue weighted by Crippen LogP contribution is 2.34. The minimum absolute atomic E-state index is 0.123. The van der Waals surface area contributed by atoms with Crippen LogP contribution in [0.4, 0.5) is 23.0 Å². The topological polar surface area (TPSA) is 93.0 Å². The Kier molecular flexibility index (Phi) is 6.13. The molecule has 1 aromatic carbocycles. The number of benzene rings is 1. The van der Waals surface area contributed by atoms with Crippen LogP contribution in [-0.4, -0.2) is 20.9 Å². The lowest BCUT2D eigenvalue weighted by Gasteiger charge is -2.18. The van der Waals surface area contributed by atoms with E-state index in [0.29, 0.717) is 5.82 Å². The van der Waals surface area contributed by atoms with Crippen LogP contribution in [0.3, 0.4) is 0 Å². The SMILES string of the molecule is CCC(CC)Nc1nc(C)nc(Nc2c(C)cc(C)cc2C)c1[N+](=O)[O-]. The first-order chi connectivity index (χ1) is 12.3. The second-order valence-corrected chi connectivity index (χ2v) is 6.63. The third-order valence-corrected chi connectivity index (χ3v) is 4.43. The molecule has 0 fully saturated rings. The Hall–Kier alpha value is -2.70. The molecule has 140 valence electrons. The summed E-state index contributed by atoms with van der Waals surface area (Å²) in [4.78, 5) is 19.9. The number of aromatic nitrogens is 2. The maximum absolute atomic E-state index is 11.8. The van der Waals surface area contributed by atoms with Crippen LogP contribution in [0.1, 0.15) is 49.2 Å². The maximum atomic E-state index is 11.8. The summed E-state index contributed by atoms with van der Waals surface area (Å²) in [6.45, 7) is 11.8. The van der Waals surface area contributed by atoms with Gasteiger partial charge < -0.3 is 10.6 Å². The van der Waals surface area contributed by atoms with Crippen LogP contribution >= 0.6 is 0 Å². The standard InChI is InChI=1S/C19H27N5O2/c1-7-15(8-2)22-18-17(24(25)26)19(21-14(6)20-18)23-16-12(4)9-11(3)10-13(16)5/h9-10,15H,7-8H2,1-6H3,(H2,20,21,22,23). The van der Waals surface area contributed by atoms with Gasteiger partial charge in [0, 0.05) is 11.7 Å². The first-order valence-corrected chi connectivity index (χ1v) is 8.91. The Morgan fingerprint density at radius 2 is 1.58 bits per heavy atom. The molecule has 0 aliphatic heterocycles. The van der Waals surface area contributed by atoms with Gasteiger partial charge >= 0.3 is 5.69 Å². The number of anilines is 3. The second-order valence-electron chi connectivity index (χ2n) is 6.63. The molecule has 0 unspecified atom stereocenters. The quantitative estimate of drug-likeness (QED) is 0.537. The molecule has 0 spiro atoms. The number of nitrogens with one attached hydrogen (secondary N) is 2. The van der Waals surface area contributed by atoms with Crippen LogP contribution in [0.2, 0.25) is 0 Å². The molecule has 0 atom stereocenters. The van der Waals surface area contributed by atoms with Crippen LogP contribution in [0.5, 0.6) is 0 Å². The minimum atomic E-state index is -0.425. The molecular formula is C19H27N5O2. The van der Waals surface area contributed by atoms with E-state index in [9.17, 15) is 10.1 Å². The van der Waals surface area contributed by atoms with Gasteiger partial charge in [-0.15, -0.1) is 0 Å². The third kappa shape index (κ3) is 4.28. The molecule has 0 aliphatic carbocycles. The van der Waals surface area contributed by atoms with Crippen molar-refractivity contribution in [1.29, 1.82) is 0 Å². The molecule has 0 saturated heterocycles. The lowest BCUT2D eigenvalue weighted by Crippen LogP contribution is -2.20. The van der Waals surface area contributed by atoms with E-state index in [2.05, 4.69) is 20.6 Å². The molecule has 0 aliphatic rings. The van der Waals surface area contributed by atoms with E-state index in [4.69, 9.17) is 0 Å². The summed E-state index contributed by atoms with van der Waals surface area (Å²) in [6.07, 6.45) is 1.71. The van der Waals surface area contributed by atoms with Gasteiger partial charge in [-0.1, -0.05) is 31.5 Å². The fourth-order valence-corrected chi connectivity index (χ4v) is 3.11. The molecule has 26 heavy (non-hydrogen) atoms. The highest BCUT2D eigenvalue weighted by molar-refractivity contribution is 5.76. The normalized spacial score (nSPS) is 10.9. The summed E-state index contributed by atoms with van der Waals surface area (Å²) < 4.78 is 0. The van der Waals surface area contributed by atoms with Crippen molar-refractivity contribution in [1.82, 2.24) is 9.97 Å². The van der Waals surface area contributed by atoms with Gasteiger partial charge in [-0.3, -0.25) is 10.1 Å². The average Bonchev–Trinajstić information content (AvgIpc) is 2.55. The van der Waals surface area contributed by atoms with Gasteiger partial charge in [0.15, 0.2) is 0 Å². The zero-order valence-electron chi connectivity index (χ0n) is 16.3. The molecule has 1 heterocycles. The summed E-state index contributed by atoms with van der Waals surface area (Å²) in [7, 11) is 0. The van der Waals surface area contributed by atoms with E-state index in [-0.39, 0.29) is 23.4 Å². The van der Waals surface area contributed by atoms with Crippen LogP contribution in [0.25, 0.3) is 0 Å². The van der Waals surface area contributed by atoms with E-state index < -0.39 is 4.92 Å². The molecule has 7 nitrogen and oxygen atoms in total. The zero-order chi connectivity index (χ0) is 19.4. The van der Waals surface area contributed by atoms with E-state index in [1.165, 1.54) is 0 Å². The van der Waals surface area contributed by atoms with Crippen molar-refractivity contribution in [3.63, 3.8) is 0 Å². The highest BCUT2D eigenvalue weighted by atomic mass is 16.6. The fourth-order valence-electron chi connectivity index (χ4n) is 3.11. The van der Waals surface area contributed by atoms with Gasteiger partial charge in [-0.05, 0) is 51.7 Å². The highest BCUT2D eigenvalue weighted by Gasteiger charge is 2.26. The van der Waals surface area contributed by atoms with Gasteiger partial charge in [0.1, 0.15) is 5.82 Å². The van der Waals surface area contributed by atoms with E-state index in [1.807, 2.05) is 46.8 Å². The second kappa shape index (κ2) is 8.12. The number of nitrogens with zero attached hydrogens (tertiary/aromatic N) is 3. The average molecular weight is 357 g/mol. The van der Waals surface area contributed by atoms with Crippen molar-refractivity contribution in [3.05, 3.63) is 44.8 Å². The summed E-state index contributed by atoms with van der Waals surface area (Å²) >= 11 is 0. The molecule has 7 heteroatoms. The Labute approximate surface area is 154 Å². The Bertz CT molecular complexity index is 793. The predicted octanol–water partition coefficient (Wildman–Crippen LogP) is 4.96. The van der Waals surface area contributed by atoms with Crippen LogP contribution in [-0.2, 0) is 0 Å². The summed E-state index contributed by atoms with van der Waals surface area (Å²) in [6, 6.07) is 4.20. The number of aryl methyl sites for hydroxylation is 4. The largest absolute Gasteiger partial charge is 0.361 e. The van der Waals surface area contributed by atoms with Crippen LogP contribution < -0.4 is 10.6 Å². The molecule has 2 N–H and O–H groups in total. The van der Waals surface area contributed by atoms with Crippen molar-refractivity contribution in [3.8, 4) is 0 Å². The number of rotatable bonds is 7. The van der Waals surface area contributed by atoms with E-state index in [0.717, 1.165) is 35.2 Å². The Morgan fingerprint density at radius 3 is 2.08 bits per heavy atom. The first kappa shape index (κ1) is 19.6. The fraction of sp³-hybridized carbons (Fsp3) is 0.474. The van der Waals surface area contributed by atoms with Gasteiger partial charge in [0.25, 0.3) is 0 Å². The Morgan fingerprint density at radius 1 is 1.04 bits per heavy atom. The van der Waals surface area contributed by atoms with E-state index in [1.54, 1.807) is 6.92 Å². The molecule has 0 amide bonds. The molecule has 0 saturated carbocycles. The van der Waals surface area contributed by atoms with Crippen LogP contribution in [0, 0.1) is 37.8 Å². The summed E-state index contributed by atoms with van der Waals surface area (Å²) in [5.74, 6) is 0.959. The van der Waals surface area contributed by atoms with Crippen molar-refractivity contribution in [2.45, 2.75) is 60.4 Å². The smallest absolute Gasteiger partial charge is 0.353 e. The van der Waals surface area contributed by atoms with Crippen LogP contribution in [0.15, 0.2) is 12.1 Å². The molecule has 2 rings (SSSR count). The lowest BCUT2D eigenvalue weighted by atomic mass is 10.1. The lowest BCUT2D eigenvalue weighted by molar-refractivity contribution is -0.383. The monoisotopic (exact) mass is 357 g/mol. The Balaban J connectivity index is 2.55. The summed E-state index contributed by atoms with van der Waals surface area (Å²) in [5.41, 5.74) is 3.90. The van der Waals surface area contributed by atoms with Crippen molar-refractivity contribution < 1.29 is 4.92 Å². The number of nitro groups is 1. The predicted molar refractivity (Wildman–Crippen MR) is 105 cm³/mol. The van der Waals surface area contributed by atoms with Crippen molar-refractivity contribution >= 4 is 23.0 Å². The minimum Gasteiger partial charge on any atom is -0.361 e. The molecule has 2 aromatic rings. The zero-order valence-corrected chi connectivity index (χ0v) is 16.3. The van der Waals surface area contributed by atoms with Gasteiger partial charge in [0.05, 0.1) is 4.92 Å². The molecule has 1 aromatic heterocycles. The molecular weight excluding hydrogens is 330 g/mol. The maximum Gasteiger partial charge on any atom is 0.353 e. The summed E-state index contributed by atoms with van der Waals surface area (Å²) in [5, 5.41) is 18.1. The third-order valence-electron chi connectivity index (χ3n) is 4.43. The van der Waals surface area contributed by atoms with E-state index >= 15 is 0 Å². The van der Waals surface area contributed by atoms with Gasteiger partial charge in [-0.2, -0.15) is 0 Å². The van der Waals surface area contributed by atoms with Gasteiger partial charge in [0.2, 0.25) is 11.6 Å². The van der Waals surface area contributed by atoms with Crippen molar-refractivity contribution in [2.75, 3.05) is 10.6 Å². The van der Waals surface area contributed by atoms with Gasteiger partial charge in [-0.25, -0.2) is 9.97 Å². The molecule has 0 bridgehead atoms. The number of hydrogen-bond donors (Lipinski definition) is 2. The number of hydrogen-bond acceptors (Lipinski definition) is 6. The molecule has 0 radical (unpaired) electrons. The van der Waals surface area contributed by atoms with Crippen molar-refractivity contribution in [2.24, 2.45) is 0 Å². The first-order valence-electron chi connectivity index (χ1n) is 8.91.